The van der Waals surface area contributed by atoms with Crippen LogP contribution in [0.1, 0.15) is 26.7 Å². The maximum absolute atomic E-state index is 6.17. The Kier molecular flexibility index (Phi) is 3.94. The number of benzene rings is 1. The minimum atomic E-state index is -0.627. The van der Waals surface area contributed by atoms with Crippen LogP contribution in [0.25, 0.3) is 10.9 Å². The Hall–Kier alpha value is -1.44. The minimum absolute atomic E-state index is 0.0465. The van der Waals surface area contributed by atoms with E-state index in [2.05, 4.69) is 4.98 Å². The molecule has 1 saturated carbocycles. The zero-order valence-electron chi connectivity index (χ0n) is 15.5. The van der Waals surface area contributed by atoms with Crippen molar-refractivity contribution in [2.45, 2.75) is 62.7 Å². The van der Waals surface area contributed by atoms with Gasteiger partial charge in [0.25, 0.3) is 0 Å². The van der Waals surface area contributed by atoms with Gasteiger partial charge in [0.15, 0.2) is 12.1 Å². The molecule has 2 saturated heterocycles. The molecular weight excluding hydrogens is 370 g/mol. The number of fused-ring (bicyclic) bond motifs is 3. The van der Waals surface area contributed by atoms with Crippen molar-refractivity contribution in [3.8, 4) is 5.75 Å². The van der Waals surface area contributed by atoms with Gasteiger partial charge >= 0.3 is 0 Å². The van der Waals surface area contributed by atoms with E-state index in [0.29, 0.717) is 5.15 Å². The van der Waals surface area contributed by atoms with Gasteiger partial charge in [-0.25, -0.2) is 4.98 Å². The molecule has 7 heteroatoms. The number of hydrogen-bond donors (Lipinski definition) is 0. The highest BCUT2D eigenvalue weighted by Gasteiger charge is 2.67. The van der Waals surface area contributed by atoms with Crippen LogP contribution in [0.4, 0.5) is 0 Å². The molecule has 1 aromatic carbocycles. The van der Waals surface area contributed by atoms with Crippen molar-refractivity contribution in [1.82, 2.24) is 4.98 Å². The van der Waals surface area contributed by atoms with Crippen LogP contribution in [0.2, 0.25) is 5.15 Å². The molecule has 3 heterocycles. The Labute approximate surface area is 162 Å². The Morgan fingerprint density at radius 3 is 2.67 bits per heavy atom. The molecule has 1 aliphatic carbocycles. The summed E-state index contributed by atoms with van der Waals surface area (Å²) in [6.45, 7) is 3.84. The lowest BCUT2D eigenvalue weighted by Crippen LogP contribution is -2.57. The molecule has 1 spiro atoms. The lowest BCUT2D eigenvalue weighted by Gasteiger charge is -2.46. The molecule has 0 unspecified atom stereocenters. The predicted octanol–water partition coefficient (Wildman–Crippen LogP) is 3.69. The number of ether oxygens (including phenoxy) is 5. The second kappa shape index (κ2) is 6.03. The molecule has 144 valence electrons. The molecule has 3 aliphatic rings. The third kappa shape index (κ3) is 2.91. The number of halogens is 1. The summed E-state index contributed by atoms with van der Waals surface area (Å²) in [5, 5.41) is 1.50. The molecular formula is C20H22ClNO5. The average molecular weight is 392 g/mol. The van der Waals surface area contributed by atoms with E-state index in [1.807, 2.05) is 38.1 Å². The van der Waals surface area contributed by atoms with Crippen molar-refractivity contribution in [3.63, 3.8) is 0 Å². The Balaban J connectivity index is 1.30. The largest absolute Gasteiger partial charge is 0.490 e. The number of rotatable bonds is 3. The molecule has 0 radical (unpaired) electrons. The highest BCUT2D eigenvalue weighted by atomic mass is 35.5. The first kappa shape index (κ1) is 17.6. The van der Waals surface area contributed by atoms with Gasteiger partial charge < -0.3 is 23.7 Å². The maximum atomic E-state index is 6.17. The Morgan fingerprint density at radius 1 is 1.11 bits per heavy atom. The molecule has 27 heavy (non-hydrogen) atoms. The first-order valence-electron chi connectivity index (χ1n) is 9.17. The standard InChI is InChI=1S/C20H22ClNO5/c1-19(2)25-16-17(26-19)20(27-18(16)23-3)9-13(10-20)24-12-6-4-11-5-7-15(21)22-14(11)8-12/h4-8,13,16-18H,9-10H2,1-3H3/t13-,16-,17+,18-,20-/m1/s1. The SMILES string of the molecule is CO[C@@H]1O[C@]2(C[C@H](Oc3ccc4ccc(Cl)nc4c3)C2)[C@H]2OC(C)(C)O[C@@H]12. The van der Waals surface area contributed by atoms with Crippen molar-refractivity contribution in [2.24, 2.45) is 0 Å². The van der Waals surface area contributed by atoms with Gasteiger partial charge in [-0.2, -0.15) is 0 Å². The van der Waals surface area contributed by atoms with E-state index < -0.39 is 17.7 Å². The van der Waals surface area contributed by atoms with Crippen LogP contribution in [0, 0.1) is 0 Å². The van der Waals surface area contributed by atoms with Gasteiger partial charge in [-0.1, -0.05) is 11.6 Å². The summed E-state index contributed by atoms with van der Waals surface area (Å²) >= 11 is 5.99. The van der Waals surface area contributed by atoms with Crippen molar-refractivity contribution in [2.75, 3.05) is 7.11 Å². The fourth-order valence-corrected chi connectivity index (χ4v) is 4.56. The van der Waals surface area contributed by atoms with Gasteiger partial charge in [-0.05, 0) is 38.1 Å². The predicted molar refractivity (Wildman–Crippen MR) is 98.8 cm³/mol. The third-order valence-corrected chi connectivity index (χ3v) is 5.79. The first-order chi connectivity index (χ1) is 12.9. The highest BCUT2D eigenvalue weighted by Crippen LogP contribution is 2.53. The quantitative estimate of drug-likeness (QED) is 0.744. The summed E-state index contributed by atoms with van der Waals surface area (Å²) in [5.41, 5.74) is 0.405. The van der Waals surface area contributed by atoms with E-state index in [4.69, 9.17) is 35.3 Å². The van der Waals surface area contributed by atoms with Gasteiger partial charge in [0.1, 0.15) is 34.8 Å². The minimum Gasteiger partial charge on any atom is -0.490 e. The maximum Gasteiger partial charge on any atom is 0.186 e. The lowest BCUT2D eigenvalue weighted by molar-refractivity contribution is -0.275. The summed E-state index contributed by atoms with van der Waals surface area (Å²) in [7, 11) is 1.63. The Morgan fingerprint density at radius 2 is 1.89 bits per heavy atom. The van der Waals surface area contributed by atoms with Crippen LogP contribution < -0.4 is 4.74 Å². The van der Waals surface area contributed by atoms with Crippen LogP contribution >= 0.6 is 11.6 Å². The smallest absolute Gasteiger partial charge is 0.186 e. The molecule has 2 aliphatic heterocycles. The molecule has 1 aromatic heterocycles. The van der Waals surface area contributed by atoms with Crippen LogP contribution in [-0.4, -0.2) is 48.1 Å². The van der Waals surface area contributed by atoms with E-state index >= 15 is 0 Å². The third-order valence-electron chi connectivity index (χ3n) is 5.58. The van der Waals surface area contributed by atoms with Crippen molar-refractivity contribution in [3.05, 3.63) is 35.5 Å². The monoisotopic (exact) mass is 391 g/mol. The van der Waals surface area contributed by atoms with Gasteiger partial charge in [-0.3, -0.25) is 0 Å². The molecule has 6 nitrogen and oxygen atoms in total. The van der Waals surface area contributed by atoms with Crippen molar-refractivity contribution < 1.29 is 23.7 Å². The van der Waals surface area contributed by atoms with Crippen LogP contribution in [0.5, 0.6) is 5.75 Å². The highest BCUT2D eigenvalue weighted by molar-refractivity contribution is 6.29. The molecule has 0 bridgehead atoms. The fraction of sp³-hybridized carbons (Fsp3) is 0.550. The number of methoxy groups -OCH3 is 1. The summed E-state index contributed by atoms with van der Waals surface area (Å²) in [4.78, 5) is 4.35. The summed E-state index contributed by atoms with van der Waals surface area (Å²) in [6.07, 6.45) is 0.741. The zero-order valence-corrected chi connectivity index (χ0v) is 16.2. The number of hydrogen-bond acceptors (Lipinski definition) is 6. The van der Waals surface area contributed by atoms with Crippen LogP contribution in [-0.2, 0) is 18.9 Å². The van der Waals surface area contributed by atoms with E-state index in [1.54, 1.807) is 13.2 Å². The molecule has 2 aromatic rings. The second-order valence-electron chi connectivity index (χ2n) is 7.94. The second-order valence-corrected chi connectivity index (χ2v) is 8.33. The summed E-state index contributed by atoms with van der Waals surface area (Å²) in [6, 6.07) is 9.59. The molecule has 5 rings (SSSR count). The van der Waals surface area contributed by atoms with E-state index in [0.717, 1.165) is 29.5 Å². The van der Waals surface area contributed by atoms with E-state index in [-0.39, 0.29) is 18.3 Å². The molecule has 0 N–H and O–H groups in total. The van der Waals surface area contributed by atoms with Gasteiger partial charge in [0.2, 0.25) is 0 Å². The number of aromatic nitrogens is 1. The van der Waals surface area contributed by atoms with Gasteiger partial charge in [-0.15, -0.1) is 0 Å². The average Bonchev–Trinajstić information content (AvgIpc) is 3.06. The van der Waals surface area contributed by atoms with Crippen molar-refractivity contribution >= 4 is 22.5 Å². The van der Waals surface area contributed by atoms with Crippen molar-refractivity contribution in [1.29, 1.82) is 0 Å². The summed E-state index contributed by atoms with van der Waals surface area (Å²) < 4.78 is 29.9. The summed E-state index contributed by atoms with van der Waals surface area (Å²) in [5.74, 6) is 0.150. The number of pyridine rings is 1. The number of nitrogens with zero attached hydrogens (tertiary/aromatic N) is 1. The molecule has 3 fully saturated rings. The fourth-order valence-electron chi connectivity index (χ4n) is 4.40. The van der Waals surface area contributed by atoms with Crippen LogP contribution in [0.3, 0.4) is 0 Å². The van der Waals surface area contributed by atoms with Gasteiger partial charge in [0, 0.05) is 31.4 Å². The lowest BCUT2D eigenvalue weighted by atomic mass is 9.73. The zero-order chi connectivity index (χ0) is 18.8. The first-order valence-corrected chi connectivity index (χ1v) is 9.55. The Bertz CT molecular complexity index is 882. The van der Waals surface area contributed by atoms with Crippen LogP contribution in [0.15, 0.2) is 30.3 Å². The molecule has 0 amide bonds. The topological polar surface area (TPSA) is 59.0 Å². The van der Waals surface area contributed by atoms with E-state index in [1.165, 1.54) is 0 Å². The normalized spacial score (nSPS) is 36.7. The van der Waals surface area contributed by atoms with Gasteiger partial charge in [0.05, 0.1) is 5.52 Å². The molecule has 3 atom stereocenters. The van der Waals surface area contributed by atoms with E-state index in [9.17, 15) is 0 Å².